The van der Waals surface area contributed by atoms with Gasteiger partial charge in [-0.05, 0) is 12.8 Å². The molecule has 0 saturated carbocycles. The van der Waals surface area contributed by atoms with Crippen molar-refractivity contribution in [3.63, 3.8) is 0 Å². The molecule has 2 rings (SSSR count). The number of imidazole rings is 1. The van der Waals surface area contributed by atoms with E-state index in [9.17, 15) is 4.79 Å². The molecule has 1 N–H and O–H groups in total. The molecular weight excluding hydrogens is 234 g/mol. The molecule has 0 spiro atoms. The van der Waals surface area contributed by atoms with Gasteiger partial charge < -0.3 is 19.3 Å². The van der Waals surface area contributed by atoms with Gasteiger partial charge in [0.15, 0.2) is 0 Å². The molecule has 100 valence electrons. The van der Waals surface area contributed by atoms with Crippen molar-refractivity contribution in [2.45, 2.75) is 25.4 Å². The van der Waals surface area contributed by atoms with E-state index in [1.54, 1.807) is 6.20 Å². The molecular formula is C12H19N3O3. The largest absolute Gasteiger partial charge is 0.481 e. The van der Waals surface area contributed by atoms with Gasteiger partial charge in [-0.3, -0.25) is 4.79 Å². The van der Waals surface area contributed by atoms with E-state index in [2.05, 4.69) is 9.88 Å². The number of ether oxygens (including phenoxy) is 1. The average Bonchev–Trinajstić information content (AvgIpc) is 2.76. The van der Waals surface area contributed by atoms with Crippen molar-refractivity contribution < 1.29 is 14.6 Å². The van der Waals surface area contributed by atoms with Crippen LogP contribution in [0, 0.1) is 0 Å². The molecule has 1 aromatic heterocycles. The van der Waals surface area contributed by atoms with Gasteiger partial charge >= 0.3 is 5.97 Å². The molecule has 1 fully saturated rings. The molecule has 1 saturated heterocycles. The first-order valence-electron chi connectivity index (χ1n) is 6.22. The smallest absolute Gasteiger partial charge is 0.305 e. The molecule has 2 heterocycles. The van der Waals surface area contributed by atoms with Crippen molar-refractivity contribution >= 4 is 11.9 Å². The zero-order valence-electron chi connectivity index (χ0n) is 10.6. The van der Waals surface area contributed by atoms with Crippen LogP contribution in [-0.2, 0) is 16.6 Å². The fourth-order valence-corrected chi connectivity index (χ4v) is 2.20. The summed E-state index contributed by atoms with van der Waals surface area (Å²) < 4.78 is 7.56. The predicted octanol–water partition coefficient (Wildman–Crippen LogP) is 0.880. The monoisotopic (exact) mass is 253 g/mol. The second-order valence-corrected chi connectivity index (χ2v) is 4.54. The Kier molecular flexibility index (Phi) is 4.19. The standard InChI is InChI=1S/C12H19N3O3/c1-14-8-5-13-12(14)15-6-2-10(3-7-15)18-9-4-11(16)17/h5,8,10H,2-4,6-7,9H2,1H3,(H,16,17). The Labute approximate surface area is 106 Å². The van der Waals surface area contributed by atoms with Crippen molar-refractivity contribution in [2.24, 2.45) is 7.05 Å². The molecule has 0 radical (unpaired) electrons. The van der Waals surface area contributed by atoms with Crippen LogP contribution in [0.15, 0.2) is 12.4 Å². The number of aryl methyl sites for hydroxylation is 1. The number of hydrogen-bond donors (Lipinski definition) is 1. The van der Waals surface area contributed by atoms with E-state index in [4.69, 9.17) is 9.84 Å². The number of carbonyl (C=O) groups is 1. The zero-order chi connectivity index (χ0) is 13.0. The van der Waals surface area contributed by atoms with Crippen LogP contribution in [0.2, 0.25) is 0 Å². The topological polar surface area (TPSA) is 67.6 Å². The summed E-state index contributed by atoms with van der Waals surface area (Å²) in [5.74, 6) is 0.180. The number of carboxylic acids is 1. The molecule has 0 unspecified atom stereocenters. The third-order valence-electron chi connectivity index (χ3n) is 3.19. The van der Waals surface area contributed by atoms with E-state index < -0.39 is 5.97 Å². The predicted molar refractivity (Wildman–Crippen MR) is 66.6 cm³/mol. The normalized spacial score (nSPS) is 17.1. The van der Waals surface area contributed by atoms with Crippen LogP contribution in [0.25, 0.3) is 0 Å². The SMILES string of the molecule is Cn1ccnc1N1CCC(OCCC(=O)O)CC1. The van der Waals surface area contributed by atoms with Gasteiger partial charge in [-0.15, -0.1) is 0 Å². The molecule has 6 nitrogen and oxygen atoms in total. The van der Waals surface area contributed by atoms with Gasteiger partial charge in [0.05, 0.1) is 19.1 Å². The van der Waals surface area contributed by atoms with Crippen molar-refractivity contribution in [3.8, 4) is 0 Å². The third-order valence-corrected chi connectivity index (χ3v) is 3.19. The van der Waals surface area contributed by atoms with E-state index in [1.165, 1.54) is 0 Å². The minimum atomic E-state index is -0.805. The zero-order valence-corrected chi connectivity index (χ0v) is 10.6. The van der Waals surface area contributed by atoms with Crippen LogP contribution in [0.5, 0.6) is 0 Å². The summed E-state index contributed by atoms with van der Waals surface area (Å²) in [5.41, 5.74) is 0. The first kappa shape index (κ1) is 12.9. The van der Waals surface area contributed by atoms with Gasteiger partial charge in [0.1, 0.15) is 0 Å². The highest BCUT2D eigenvalue weighted by atomic mass is 16.5. The maximum Gasteiger partial charge on any atom is 0.305 e. The number of nitrogens with zero attached hydrogens (tertiary/aromatic N) is 3. The maximum atomic E-state index is 10.4. The Morgan fingerprint density at radius 1 is 1.56 bits per heavy atom. The van der Waals surface area contributed by atoms with Crippen LogP contribution >= 0.6 is 0 Å². The molecule has 18 heavy (non-hydrogen) atoms. The Bertz CT molecular complexity index is 397. The van der Waals surface area contributed by atoms with Gasteiger partial charge in [-0.2, -0.15) is 0 Å². The molecule has 0 atom stereocenters. The summed E-state index contributed by atoms with van der Waals surface area (Å²) >= 11 is 0. The first-order valence-corrected chi connectivity index (χ1v) is 6.22. The summed E-state index contributed by atoms with van der Waals surface area (Å²) in [7, 11) is 1.98. The Morgan fingerprint density at radius 3 is 2.83 bits per heavy atom. The summed E-state index contributed by atoms with van der Waals surface area (Å²) in [6.07, 6.45) is 5.84. The number of piperidine rings is 1. The Morgan fingerprint density at radius 2 is 2.28 bits per heavy atom. The quantitative estimate of drug-likeness (QED) is 0.843. The molecule has 0 bridgehead atoms. The summed E-state index contributed by atoms with van der Waals surface area (Å²) in [6, 6.07) is 0. The first-order chi connectivity index (χ1) is 8.66. The maximum absolute atomic E-state index is 10.4. The average molecular weight is 253 g/mol. The number of aromatic nitrogens is 2. The van der Waals surface area contributed by atoms with Crippen LogP contribution in [0.1, 0.15) is 19.3 Å². The van der Waals surface area contributed by atoms with E-state index >= 15 is 0 Å². The van der Waals surface area contributed by atoms with Crippen molar-refractivity contribution in [1.82, 2.24) is 9.55 Å². The molecule has 0 aliphatic carbocycles. The highest BCUT2D eigenvalue weighted by Gasteiger charge is 2.21. The molecule has 1 aliphatic heterocycles. The van der Waals surface area contributed by atoms with Gasteiger partial charge in [0.25, 0.3) is 0 Å². The number of anilines is 1. The fourth-order valence-electron chi connectivity index (χ4n) is 2.20. The lowest BCUT2D eigenvalue weighted by Crippen LogP contribution is -2.38. The molecule has 0 aromatic carbocycles. The minimum Gasteiger partial charge on any atom is -0.481 e. The van der Waals surface area contributed by atoms with E-state index in [0.717, 1.165) is 31.9 Å². The van der Waals surface area contributed by atoms with Crippen LogP contribution in [0.4, 0.5) is 5.95 Å². The lowest BCUT2D eigenvalue weighted by atomic mass is 10.1. The summed E-state index contributed by atoms with van der Waals surface area (Å²) in [5, 5.41) is 8.54. The lowest BCUT2D eigenvalue weighted by molar-refractivity contribution is -0.138. The molecule has 1 aromatic rings. The van der Waals surface area contributed by atoms with Gasteiger partial charge in [0, 0.05) is 32.5 Å². The number of aliphatic carboxylic acids is 1. The highest BCUT2D eigenvalue weighted by molar-refractivity contribution is 5.66. The lowest BCUT2D eigenvalue weighted by Gasteiger charge is -2.32. The van der Waals surface area contributed by atoms with Gasteiger partial charge in [0.2, 0.25) is 5.95 Å². The van der Waals surface area contributed by atoms with Crippen LogP contribution in [0.3, 0.4) is 0 Å². The Balaban J connectivity index is 1.75. The van der Waals surface area contributed by atoms with Crippen LogP contribution < -0.4 is 4.90 Å². The minimum absolute atomic E-state index is 0.0829. The second kappa shape index (κ2) is 5.86. The van der Waals surface area contributed by atoms with Gasteiger partial charge in [-0.25, -0.2) is 4.98 Å². The summed E-state index contributed by atoms with van der Waals surface area (Å²) in [4.78, 5) is 16.9. The summed E-state index contributed by atoms with van der Waals surface area (Å²) in [6.45, 7) is 2.12. The number of carboxylic acid groups (broad SMARTS) is 1. The fraction of sp³-hybridized carbons (Fsp3) is 0.667. The molecule has 6 heteroatoms. The van der Waals surface area contributed by atoms with Crippen molar-refractivity contribution in [3.05, 3.63) is 12.4 Å². The Hall–Kier alpha value is -1.56. The van der Waals surface area contributed by atoms with Crippen LogP contribution in [-0.4, -0.2) is 46.4 Å². The van der Waals surface area contributed by atoms with Crippen molar-refractivity contribution in [2.75, 3.05) is 24.6 Å². The third kappa shape index (κ3) is 3.22. The highest BCUT2D eigenvalue weighted by Crippen LogP contribution is 2.19. The molecule has 0 amide bonds. The number of hydrogen-bond acceptors (Lipinski definition) is 4. The van der Waals surface area contributed by atoms with Gasteiger partial charge in [-0.1, -0.05) is 0 Å². The second-order valence-electron chi connectivity index (χ2n) is 4.54. The molecule has 1 aliphatic rings. The van der Waals surface area contributed by atoms with E-state index in [-0.39, 0.29) is 12.5 Å². The van der Waals surface area contributed by atoms with Crippen molar-refractivity contribution in [1.29, 1.82) is 0 Å². The number of rotatable bonds is 5. The van der Waals surface area contributed by atoms with E-state index in [1.807, 2.05) is 17.8 Å². The van der Waals surface area contributed by atoms with E-state index in [0.29, 0.717) is 6.61 Å².